The van der Waals surface area contributed by atoms with E-state index in [2.05, 4.69) is 10.2 Å². The first kappa shape index (κ1) is 17.1. The third kappa shape index (κ3) is 2.89. The molecule has 0 aliphatic carbocycles. The van der Waals surface area contributed by atoms with E-state index in [4.69, 9.17) is 0 Å². The largest absolute Gasteiger partial charge is 0.286 e. The number of aryl methyl sites for hydroxylation is 1. The summed E-state index contributed by atoms with van der Waals surface area (Å²) in [6, 6.07) is 9.79. The number of nitrogens with zero attached hydrogens (tertiary/aromatic N) is 4. The number of sulfonamides is 1. The molecule has 0 radical (unpaired) electrons. The minimum atomic E-state index is -3.89. The maximum Gasteiger partial charge on any atom is 0.246 e. The van der Waals surface area contributed by atoms with Gasteiger partial charge in [-0.3, -0.25) is 4.40 Å². The van der Waals surface area contributed by atoms with Crippen LogP contribution in [0.2, 0.25) is 0 Å². The Morgan fingerprint density at radius 1 is 1.19 bits per heavy atom. The normalized spacial score (nSPS) is 19.1. The zero-order valence-corrected chi connectivity index (χ0v) is 15.2. The van der Waals surface area contributed by atoms with Crippen LogP contribution in [-0.4, -0.2) is 40.4 Å². The molecule has 1 aliphatic rings. The lowest BCUT2D eigenvalue weighted by molar-refractivity contribution is 0.307. The molecule has 4 rings (SSSR count). The van der Waals surface area contributed by atoms with Gasteiger partial charge in [0, 0.05) is 25.2 Å². The Balaban J connectivity index is 1.67. The van der Waals surface area contributed by atoms with Gasteiger partial charge in [0.2, 0.25) is 10.0 Å². The van der Waals surface area contributed by atoms with Crippen LogP contribution in [0.5, 0.6) is 0 Å². The van der Waals surface area contributed by atoms with Gasteiger partial charge in [0.05, 0.1) is 0 Å². The summed E-state index contributed by atoms with van der Waals surface area (Å²) in [6.45, 7) is 2.40. The summed E-state index contributed by atoms with van der Waals surface area (Å²) >= 11 is 0. The molecule has 3 heterocycles. The fourth-order valence-electron chi connectivity index (χ4n) is 3.46. The number of benzene rings is 1. The summed E-state index contributed by atoms with van der Waals surface area (Å²) < 4.78 is 43.4. The van der Waals surface area contributed by atoms with Gasteiger partial charge in [-0.1, -0.05) is 12.1 Å². The van der Waals surface area contributed by atoms with Crippen LogP contribution in [0.25, 0.3) is 5.65 Å². The van der Waals surface area contributed by atoms with E-state index in [1.54, 1.807) is 13.0 Å². The fraction of sp³-hybridized carbons (Fsp3) is 0.333. The summed E-state index contributed by atoms with van der Waals surface area (Å²) in [6.07, 6.45) is 3.38. The molecule has 26 heavy (non-hydrogen) atoms. The van der Waals surface area contributed by atoms with Gasteiger partial charge in [-0.15, -0.1) is 10.2 Å². The minimum absolute atomic E-state index is 0.0798. The topological polar surface area (TPSA) is 67.6 Å². The van der Waals surface area contributed by atoms with Crippen LogP contribution in [0.4, 0.5) is 4.39 Å². The summed E-state index contributed by atoms with van der Waals surface area (Å²) in [5.41, 5.74) is 1.44. The molecule has 1 aromatic carbocycles. The van der Waals surface area contributed by atoms with Gasteiger partial charge in [0.15, 0.2) is 5.65 Å². The second-order valence-electron chi connectivity index (χ2n) is 6.62. The number of piperidine rings is 1. The molecule has 1 saturated heterocycles. The number of fused-ring (bicyclic) bond motifs is 1. The number of halogens is 1. The van der Waals surface area contributed by atoms with Gasteiger partial charge in [-0.25, -0.2) is 12.8 Å². The Bertz CT molecular complexity index is 1060. The van der Waals surface area contributed by atoms with Crippen molar-refractivity contribution in [2.45, 2.75) is 30.6 Å². The van der Waals surface area contributed by atoms with Crippen molar-refractivity contribution >= 4 is 15.7 Å². The molecule has 1 aliphatic heterocycles. The van der Waals surface area contributed by atoms with Crippen LogP contribution in [0.3, 0.4) is 0 Å². The van der Waals surface area contributed by atoms with E-state index in [0.29, 0.717) is 18.5 Å². The Morgan fingerprint density at radius 2 is 2.04 bits per heavy atom. The van der Waals surface area contributed by atoms with Gasteiger partial charge in [0.1, 0.15) is 16.5 Å². The fourth-order valence-corrected chi connectivity index (χ4v) is 5.13. The summed E-state index contributed by atoms with van der Waals surface area (Å²) in [5.74, 6) is -0.0559. The highest BCUT2D eigenvalue weighted by Crippen LogP contribution is 2.30. The highest BCUT2D eigenvalue weighted by molar-refractivity contribution is 7.89. The van der Waals surface area contributed by atoms with Crippen molar-refractivity contribution < 1.29 is 12.8 Å². The first-order valence-corrected chi connectivity index (χ1v) is 9.97. The first-order chi connectivity index (χ1) is 12.5. The van der Waals surface area contributed by atoms with E-state index in [1.165, 1.54) is 16.4 Å². The summed E-state index contributed by atoms with van der Waals surface area (Å²) in [5, 5.41) is 8.41. The number of hydrogen-bond acceptors (Lipinski definition) is 4. The molecule has 0 bridgehead atoms. The van der Waals surface area contributed by atoms with E-state index in [9.17, 15) is 12.8 Å². The van der Waals surface area contributed by atoms with Crippen LogP contribution < -0.4 is 0 Å². The van der Waals surface area contributed by atoms with Crippen LogP contribution in [0.15, 0.2) is 47.5 Å². The third-order valence-electron chi connectivity index (χ3n) is 4.79. The Morgan fingerprint density at radius 3 is 2.88 bits per heavy atom. The lowest BCUT2D eigenvalue weighted by atomic mass is 9.99. The van der Waals surface area contributed by atoms with E-state index in [1.807, 2.05) is 28.8 Å². The van der Waals surface area contributed by atoms with Crippen molar-refractivity contribution in [3.8, 4) is 0 Å². The highest BCUT2D eigenvalue weighted by Gasteiger charge is 2.34. The quantitative estimate of drug-likeness (QED) is 0.707. The molecule has 8 heteroatoms. The molecule has 1 unspecified atom stereocenters. The zero-order valence-electron chi connectivity index (χ0n) is 14.3. The van der Waals surface area contributed by atoms with E-state index < -0.39 is 15.8 Å². The van der Waals surface area contributed by atoms with Crippen LogP contribution >= 0.6 is 0 Å². The van der Waals surface area contributed by atoms with Crippen molar-refractivity contribution in [3.05, 3.63) is 59.8 Å². The summed E-state index contributed by atoms with van der Waals surface area (Å²) in [7, 11) is -3.89. The van der Waals surface area contributed by atoms with Gasteiger partial charge in [-0.05, 0) is 49.6 Å². The monoisotopic (exact) mass is 374 g/mol. The maximum atomic E-state index is 14.2. The average Bonchev–Trinajstić information content (AvgIpc) is 3.08. The minimum Gasteiger partial charge on any atom is -0.286 e. The molecular weight excluding hydrogens is 355 g/mol. The molecule has 1 atom stereocenters. The van der Waals surface area contributed by atoms with E-state index in [-0.39, 0.29) is 17.4 Å². The van der Waals surface area contributed by atoms with Crippen molar-refractivity contribution in [2.24, 2.45) is 0 Å². The third-order valence-corrected chi connectivity index (χ3v) is 6.67. The predicted octanol–water partition coefficient (Wildman–Crippen LogP) is 2.75. The number of rotatable bonds is 3. The number of aromatic nitrogens is 3. The molecule has 2 aromatic heterocycles. The van der Waals surface area contributed by atoms with Crippen molar-refractivity contribution in [1.82, 2.24) is 18.9 Å². The van der Waals surface area contributed by atoms with Crippen LogP contribution in [0, 0.1) is 12.7 Å². The summed E-state index contributed by atoms with van der Waals surface area (Å²) in [4.78, 5) is -0.260. The van der Waals surface area contributed by atoms with Crippen LogP contribution in [0.1, 0.15) is 30.1 Å². The maximum absolute atomic E-state index is 14.2. The van der Waals surface area contributed by atoms with Gasteiger partial charge < -0.3 is 0 Å². The molecule has 1 fully saturated rings. The molecule has 136 valence electrons. The Hall–Kier alpha value is -2.32. The average molecular weight is 374 g/mol. The Labute approximate surface area is 151 Å². The van der Waals surface area contributed by atoms with Crippen molar-refractivity contribution in [3.63, 3.8) is 0 Å². The molecule has 6 nitrogen and oxygen atoms in total. The molecule has 0 N–H and O–H groups in total. The second kappa shape index (κ2) is 6.44. The number of pyridine rings is 1. The smallest absolute Gasteiger partial charge is 0.246 e. The standard InChI is InChI=1S/C18H19FN4O2S/c1-13-7-8-15(19)16(11-13)26(24,25)22-9-4-5-14(12-22)18-21-20-17-6-2-3-10-23(17)18/h2-3,6-8,10-11,14H,4-5,9,12H2,1H3. The lowest BCUT2D eigenvalue weighted by Gasteiger charge is -2.31. The van der Waals surface area contributed by atoms with Gasteiger partial charge in [0.25, 0.3) is 0 Å². The van der Waals surface area contributed by atoms with Crippen molar-refractivity contribution in [1.29, 1.82) is 0 Å². The van der Waals surface area contributed by atoms with Gasteiger partial charge >= 0.3 is 0 Å². The molecule has 3 aromatic rings. The Kier molecular flexibility index (Phi) is 4.24. The van der Waals surface area contributed by atoms with Crippen molar-refractivity contribution in [2.75, 3.05) is 13.1 Å². The highest BCUT2D eigenvalue weighted by atomic mass is 32.2. The first-order valence-electron chi connectivity index (χ1n) is 8.53. The van der Waals surface area contributed by atoms with Gasteiger partial charge in [-0.2, -0.15) is 4.31 Å². The zero-order chi connectivity index (χ0) is 18.3. The van der Waals surface area contributed by atoms with Crippen LogP contribution in [-0.2, 0) is 10.0 Å². The van der Waals surface area contributed by atoms with E-state index >= 15 is 0 Å². The molecule has 0 amide bonds. The molecule has 0 saturated carbocycles. The lowest BCUT2D eigenvalue weighted by Crippen LogP contribution is -2.39. The van der Waals surface area contributed by atoms with E-state index in [0.717, 1.165) is 17.9 Å². The predicted molar refractivity (Wildman–Crippen MR) is 94.9 cm³/mol. The molecule has 0 spiro atoms. The SMILES string of the molecule is Cc1ccc(F)c(S(=O)(=O)N2CCCC(c3nnc4ccccn34)C2)c1. The molecular formula is C18H19FN4O2S. The number of hydrogen-bond donors (Lipinski definition) is 0. The second-order valence-corrected chi connectivity index (χ2v) is 8.53.